The molecule has 4 N–H and O–H groups in total. The van der Waals surface area contributed by atoms with E-state index in [1.165, 1.54) is 51.4 Å². The maximum Gasteiger partial charge on any atom is 0.160 e. The smallest absolute Gasteiger partial charge is 0.160 e. The highest BCUT2D eigenvalue weighted by Crippen LogP contribution is 2.35. The van der Waals surface area contributed by atoms with Gasteiger partial charge in [0, 0.05) is 5.54 Å². The maximum atomic E-state index is 10.3. The molecule has 0 radical (unpaired) electrons. The molecule has 0 aromatic heterocycles. The third kappa shape index (κ3) is 8.96. The van der Waals surface area contributed by atoms with Gasteiger partial charge < -0.3 is 20.7 Å². The quantitative estimate of drug-likeness (QED) is 0.333. The van der Waals surface area contributed by atoms with Crippen molar-refractivity contribution in [3.8, 4) is 11.5 Å². The predicted molar refractivity (Wildman–Crippen MR) is 120 cm³/mol. The van der Waals surface area contributed by atoms with Crippen molar-refractivity contribution in [1.29, 1.82) is 0 Å². The number of hydrogen-bond donors (Lipinski definition) is 3. The molecule has 0 bridgehead atoms. The van der Waals surface area contributed by atoms with Crippen LogP contribution in [0.4, 0.5) is 0 Å². The van der Waals surface area contributed by atoms with E-state index in [0.29, 0.717) is 18.3 Å². The lowest BCUT2D eigenvalue weighted by molar-refractivity contribution is 0.135. The molecule has 0 spiro atoms. The summed E-state index contributed by atoms with van der Waals surface area (Å²) in [5.41, 5.74) is 6.96. The van der Waals surface area contributed by atoms with E-state index in [1.807, 2.05) is 12.1 Å². The Kier molecular flexibility index (Phi) is 10.3. The Morgan fingerprint density at radius 3 is 2.48 bits per heavy atom. The number of phenolic OH excluding ortho intramolecular Hbond substituents is 1. The van der Waals surface area contributed by atoms with Crippen LogP contribution in [0.3, 0.4) is 0 Å². The summed E-state index contributed by atoms with van der Waals surface area (Å²) in [4.78, 5) is 0. The van der Waals surface area contributed by atoms with Gasteiger partial charge in [-0.25, -0.2) is 0 Å². The number of benzene rings is 1. The predicted octanol–water partition coefficient (Wildman–Crippen LogP) is 5.58. The molecular weight excluding hydrogens is 362 g/mol. The summed E-state index contributed by atoms with van der Waals surface area (Å²) in [6.45, 7) is 5.23. The van der Waals surface area contributed by atoms with Crippen LogP contribution in [0.5, 0.6) is 11.5 Å². The molecule has 4 heteroatoms. The number of aliphatic hydroxyl groups excluding tert-OH is 1. The summed E-state index contributed by atoms with van der Waals surface area (Å²) >= 11 is 0. The van der Waals surface area contributed by atoms with Crippen molar-refractivity contribution in [1.82, 2.24) is 0 Å². The molecule has 0 heterocycles. The lowest BCUT2D eigenvalue weighted by Gasteiger charge is -2.35. The van der Waals surface area contributed by atoms with E-state index in [9.17, 15) is 10.2 Å². The molecular formula is C25H43NO3. The summed E-state index contributed by atoms with van der Waals surface area (Å²) in [5, 5.41) is 20.0. The van der Waals surface area contributed by atoms with Gasteiger partial charge in [-0.2, -0.15) is 0 Å². The van der Waals surface area contributed by atoms with Crippen molar-refractivity contribution >= 4 is 0 Å². The fourth-order valence-electron chi connectivity index (χ4n) is 4.12. The zero-order valence-electron chi connectivity index (χ0n) is 18.7. The SMILES string of the molecule is CC(C)CCCCCCCOc1ccc(CCC(N)(CO)CC2CCC2)cc1O. The summed E-state index contributed by atoms with van der Waals surface area (Å²) in [5.74, 6) is 2.23. The molecule has 0 aliphatic heterocycles. The minimum atomic E-state index is -0.509. The molecule has 1 aromatic rings. The Hall–Kier alpha value is -1.26. The average Bonchev–Trinajstić information content (AvgIpc) is 2.66. The van der Waals surface area contributed by atoms with Gasteiger partial charge in [0.25, 0.3) is 0 Å². The molecule has 1 atom stereocenters. The van der Waals surface area contributed by atoms with E-state index >= 15 is 0 Å². The van der Waals surface area contributed by atoms with Crippen molar-refractivity contribution in [2.24, 2.45) is 17.6 Å². The monoisotopic (exact) mass is 405 g/mol. The zero-order valence-corrected chi connectivity index (χ0v) is 18.7. The van der Waals surface area contributed by atoms with Crippen LogP contribution in [-0.4, -0.2) is 29.0 Å². The summed E-state index contributed by atoms with van der Waals surface area (Å²) in [7, 11) is 0. The molecule has 29 heavy (non-hydrogen) atoms. The first-order chi connectivity index (χ1) is 13.9. The fraction of sp³-hybridized carbons (Fsp3) is 0.760. The molecule has 1 aliphatic rings. The highest BCUT2D eigenvalue weighted by atomic mass is 16.5. The van der Waals surface area contributed by atoms with Gasteiger partial charge in [0.05, 0.1) is 13.2 Å². The highest BCUT2D eigenvalue weighted by Gasteiger charge is 2.30. The molecule has 1 unspecified atom stereocenters. The van der Waals surface area contributed by atoms with Crippen LogP contribution < -0.4 is 10.5 Å². The first kappa shape index (κ1) is 24.0. The highest BCUT2D eigenvalue weighted by molar-refractivity contribution is 5.41. The lowest BCUT2D eigenvalue weighted by atomic mass is 9.75. The average molecular weight is 406 g/mol. The van der Waals surface area contributed by atoms with Crippen molar-refractivity contribution in [3.05, 3.63) is 23.8 Å². The number of aromatic hydroxyl groups is 1. The van der Waals surface area contributed by atoms with Gasteiger partial charge in [0.1, 0.15) is 0 Å². The first-order valence-electron chi connectivity index (χ1n) is 11.8. The molecule has 0 amide bonds. The molecule has 2 rings (SSSR count). The topological polar surface area (TPSA) is 75.7 Å². The van der Waals surface area contributed by atoms with E-state index in [2.05, 4.69) is 13.8 Å². The Bertz CT molecular complexity index is 585. The van der Waals surface area contributed by atoms with E-state index in [4.69, 9.17) is 10.5 Å². The van der Waals surface area contributed by atoms with E-state index in [-0.39, 0.29) is 12.4 Å². The van der Waals surface area contributed by atoms with Crippen LogP contribution in [0.2, 0.25) is 0 Å². The van der Waals surface area contributed by atoms with Crippen LogP contribution in [0.25, 0.3) is 0 Å². The van der Waals surface area contributed by atoms with E-state index in [0.717, 1.165) is 37.2 Å². The third-order valence-corrected chi connectivity index (χ3v) is 6.35. The minimum absolute atomic E-state index is 0.0220. The Balaban J connectivity index is 1.67. The van der Waals surface area contributed by atoms with Gasteiger partial charge in [-0.3, -0.25) is 0 Å². The lowest BCUT2D eigenvalue weighted by Crippen LogP contribution is -2.46. The number of rotatable bonds is 15. The van der Waals surface area contributed by atoms with Gasteiger partial charge in [-0.1, -0.05) is 71.3 Å². The van der Waals surface area contributed by atoms with Crippen LogP contribution in [0.1, 0.15) is 90.0 Å². The molecule has 1 aromatic carbocycles. The van der Waals surface area contributed by atoms with Crippen molar-refractivity contribution in [3.63, 3.8) is 0 Å². The number of aliphatic hydroxyl groups is 1. The Morgan fingerprint density at radius 1 is 1.14 bits per heavy atom. The first-order valence-corrected chi connectivity index (χ1v) is 11.8. The molecule has 1 saturated carbocycles. The molecule has 4 nitrogen and oxygen atoms in total. The third-order valence-electron chi connectivity index (χ3n) is 6.35. The number of hydrogen-bond acceptors (Lipinski definition) is 4. The van der Waals surface area contributed by atoms with Gasteiger partial charge >= 0.3 is 0 Å². The maximum absolute atomic E-state index is 10.3. The summed E-state index contributed by atoms with van der Waals surface area (Å²) in [6.07, 6.45) is 13.6. The van der Waals surface area contributed by atoms with Crippen LogP contribution >= 0.6 is 0 Å². The number of nitrogens with two attached hydrogens (primary N) is 1. The second kappa shape index (κ2) is 12.4. The van der Waals surface area contributed by atoms with Crippen LogP contribution in [-0.2, 0) is 6.42 Å². The van der Waals surface area contributed by atoms with Crippen molar-refractivity contribution in [2.75, 3.05) is 13.2 Å². The molecule has 0 saturated heterocycles. The number of ether oxygens (including phenoxy) is 1. The second-order valence-corrected chi connectivity index (χ2v) is 9.62. The largest absolute Gasteiger partial charge is 0.504 e. The van der Waals surface area contributed by atoms with Gasteiger partial charge in [-0.05, 0) is 55.2 Å². The zero-order chi connectivity index (χ0) is 21.1. The fourth-order valence-corrected chi connectivity index (χ4v) is 4.12. The van der Waals surface area contributed by atoms with Crippen LogP contribution in [0, 0.1) is 11.8 Å². The standard InChI is InChI=1S/C25H43NO3/c1-20(2)9-6-4-3-5-7-16-29-24-13-12-21(17-23(24)28)14-15-25(26,19-27)18-22-10-8-11-22/h12-13,17,20,22,27-28H,3-11,14-16,18-19,26H2,1-2H3. The Labute approximate surface area is 177 Å². The Morgan fingerprint density at radius 2 is 1.86 bits per heavy atom. The molecule has 166 valence electrons. The summed E-state index contributed by atoms with van der Waals surface area (Å²) < 4.78 is 5.76. The van der Waals surface area contributed by atoms with Crippen molar-refractivity contribution in [2.45, 2.75) is 96.4 Å². The molecule has 1 fully saturated rings. The summed E-state index contributed by atoms with van der Waals surface area (Å²) in [6, 6.07) is 5.64. The number of aryl methyl sites for hydroxylation is 1. The van der Waals surface area contributed by atoms with Gasteiger partial charge in [-0.15, -0.1) is 0 Å². The van der Waals surface area contributed by atoms with Crippen molar-refractivity contribution < 1.29 is 14.9 Å². The van der Waals surface area contributed by atoms with E-state index < -0.39 is 5.54 Å². The second-order valence-electron chi connectivity index (χ2n) is 9.62. The molecule has 1 aliphatic carbocycles. The van der Waals surface area contributed by atoms with E-state index in [1.54, 1.807) is 6.07 Å². The number of unbranched alkanes of at least 4 members (excludes halogenated alkanes) is 4. The number of phenols is 1. The minimum Gasteiger partial charge on any atom is -0.504 e. The van der Waals surface area contributed by atoms with Crippen LogP contribution in [0.15, 0.2) is 18.2 Å². The van der Waals surface area contributed by atoms with Gasteiger partial charge in [0.2, 0.25) is 0 Å². The van der Waals surface area contributed by atoms with Gasteiger partial charge in [0.15, 0.2) is 11.5 Å². The normalized spacial score (nSPS) is 16.6.